The van der Waals surface area contributed by atoms with E-state index in [9.17, 15) is 9.59 Å². The molecule has 0 spiro atoms. The fraction of sp³-hybridized carbons (Fsp3) is 0.867. The van der Waals surface area contributed by atoms with Crippen molar-refractivity contribution in [3.05, 3.63) is 0 Å². The zero-order valence-corrected chi connectivity index (χ0v) is 12.1. The maximum atomic E-state index is 12.5. The Morgan fingerprint density at radius 3 is 2.35 bits per heavy atom. The van der Waals surface area contributed by atoms with Crippen LogP contribution in [0.3, 0.4) is 0 Å². The molecule has 0 bridgehead atoms. The lowest BCUT2D eigenvalue weighted by Gasteiger charge is -2.37. The van der Waals surface area contributed by atoms with Gasteiger partial charge in [0.15, 0.2) is 0 Å². The molecule has 0 saturated heterocycles. The second-order valence-corrected chi connectivity index (χ2v) is 6.55. The summed E-state index contributed by atoms with van der Waals surface area (Å²) in [6.07, 6.45) is 8.13. The number of nitrogens with two attached hydrogens (primary N) is 1. The topological polar surface area (TPSA) is 83.6 Å². The van der Waals surface area contributed by atoms with E-state index in [1.807, 2.05) is 0 Å². The predicted molar refractivity (Wildman–Crippen MR) is 76.1 cm³/mol. The van der Waals surface area contributed by atoms with E-state index in [0.29, 0.717) is 25.4 Å². The molecule has 3 N–H and O–H groups in total. The highest BCUT2D eigenvalue weighted by Gasteiger charge is 2.36. The highest BCUT2D eigenvalue weighted by Crippen LogP contribution is 2.39. The van der Waals surface area contributed by atoms with Gasteiger partial charge in [0.25, 0.3) is 0 Å². The van der Waals surface area contributed by atoms with Crippen LogP contribution < -0.4 is 5.73 Å². The van der Waals surface area contributed by atoms with Crippen LogP contribution in [-0.4, -0.2) is 41.5 Å². The number of carboxylic acids is 1. The molecular formula is C15H26N2O3. The van der Waals surface area contributed by atoms with Crippen molar-refractivity contribution in [1.29, 1.82) is 0 Å². The van der Waals surface area contributed by atoms with Crippen LogP contribution in [0.5, 0.6) is 0 Å². The van der Waals surface area contributed by atoms with Crippen molar-refractivity contribution < 1.29 is 14.7 Å². The summed E-state index contributed by atoms with van der Waals surface area (Å²) in [6.45, 7) is 0.963. The standard InChI is InChI=1S/C15H26N2O3/c16-11-15(6-2-1-3-7-15)8-13(18)17(10-14(19)20)9-12-4-5-12/h12H,1-11,16H2,(H,19,20). The van der Waals surface area contributed by atoms with Crippen molar-refractivity contribution in [2.45, 2.75) is 51.4 Å². The fourth-order valence-electron chi connectivity index (χ4n) is 3.22. The third kappa shape index (κ3) is 4.20. The van der Waals surface area contributed by atoms with Gasteiger partial charge < -0.3 is 15.7 Å². The molecule has 0 aromatic carbocycles. The Balaban J connectivity index is 1.96. The first-order valence-electron chi connectivity index (χ1n) is 7.74. The van der Waals surface area contributed by atoms with E-state index in [1.54, 1.807) is 0 Å². The molecule has 0 heterocycles. The molecule has 1 amide bonds. The minimum Gasteiger partial charge on any atom is -0.480 e. The average Bonchev–Trinajstić information content (AvgIpc) is 3.22. The third-order valence-electron chi connectivity index (χ3n) is 4.73. The van der Waals surface area contributed by atoms with Crippen LogP contribution in [0.15, 0.2) is 0 Å². The molecule has 5 heteroatoms. The lowest BCUT2D eigenvalue weighted by atomic mass is 9.71. The van der Waals surface area contributed by atoms with Crippen molar-refractivity contribution in [1.82, 2.24) is 4.90 Å². The maximum absolute atomic E-state index is 12.5. The van der Waals surface area contributed by atoms with E-state index in [1.165, 1.54) is 11.3 Å². The van der Waals surface area contributed by atoms with Gasteiger partial charge in [0.2, 0.25) is 5.91 Å². The van der Waals surface area contributed by atoms with Crippen LogP contribution in [0, 0.1) is 11.3 Å². The highest BCUT2D eigenvalue weighted by molar-refractivity contribution is 5.81. The number of aliphatic carboxylic acids is 1. The molecule has 0 radical (unpaired) electrons. The molecule has 0 aromatic rings. The van der Waals surface area contributed by atoms with E-state index in [4.69, 9.17) is 10.8 Å². The first-order chi connectivity index (χ1) is 9.54. The summed E-state index contributed by atoms with van der Waals surface area (Å²) >= 11 is 0. The van der Waals surface area contributed by atoms with Gasteiger partial charge >= 0.3 is 5.97 Å². The second-order valence-electron chi connectivity index (χ2n) is 6.55. The monoisotopic (exact) mass is 282 g/mol. The minimum atomic E-state index is -0.926. The fourth-order valence-corrected chi connectivity index (χ4v) is 3.22. The van der Waals surface area contributed by atoms with Crippen molar-refractivity contribution in [3.8, 4) is 0 Å². The highest BCUT2D eigenvalue weighted by atomic mass is 16.4. The van der Waals surface area contributed by atoms with Crippen molar-refractivity contribution in [2.24, 2.45) is 17.1 Å². The van der Waals surface area contributed by atoms with Gasteiger partial charge in [0.1, 0.15) is 6.54 Å². The molecule has 2 aliphatic rings. The van der Waals surface area contributed by atoms with Gasteiger partial charge in [-0.15, -0.1) is 0 Å². The molecule has 0 aromatic heterocycles. The second kappa shape index (κ2) is 6.57. The Kier molecular flexibility index (Phi) is 5.02. The number of hydrogen-bond acceptors (Lipinski definition) is 3. The van der Waals surface area contributed by atoms with E-state index < -0.39 is 5.97 Å². The molecule has 0 aliphatic heterocycles. The molecular weight excluding hydrogens is 256 g/mol. The van der Waals surface area contributed by atoms with E-state index in [0.717, 1.165) is 38.5 Å². The summed E-state index contributed by atoms with van der Waals surface area (Å²) in [6, 6.07) is 0. The quantitative estimate of drug-likeness (QED) is 0.743. The number of carbonyl (C=O) groups is 2. The number of carbonyl (C=O) groups excluding carboxylic acids is 1. The number of rotatable bonds is 7. The molecule has 5 nitrogen and oxygen atoms in total. The molecule has 2 fully saturated rings. The van der Waals surface area contributed by atoms with E-state index in [2.05, 4.69) is 0 Å². The zero-order chi connectivity index (χ0) is 14.6. The Bertz CT molecular complexity index is 360. The SMILES string of the molecule is NCC1(CC(=O)N(CC(=O)O)CC2CC2)CCCCC1. The van der Waals surface area contributed by atoms with Gasteiger partial charge in [0, 0.05) is 13.0 Å². The van der Waals surface area contributed by atoms with Gasteiger partial charge in [-0.2, -0.15) is 0 Å². The Labute approximate surface area is 120 Å². The Morgan fingerprint density at radius 1 is 1.20 bits per heavy atom. The maximum Gasteiger partial charge on any atom is 0.323 e. The number of carboxylic acid groups (broad SMARTS) is 1. The summed E-state index contributed by atoms with van der Waals surface area (Å²) in [4.78, 5) is 25.0. The van der Waals surface area contributed by atoms with E-state index in [-0.39, 0.29) is 17.9 Å². The molecule has 20 heavy (non-hydrogen) atoms. The van der Waals surface area contributed by atoms with Crippen molar-refractivity contribution in [3.63, 3.8) is 0 Å². The van der Waals surface area contributed by atoms with Gasteiger partial charge in [-0.05, 0) is 43.6 Å². The van der Waals surface area contributed by atoms with Gasteiger partial charge in [-0.1, -0.05) is 19.3 Å². The predicted octanol–water partition coefficient (Wildman–Crippen LogP) is 1.61. The molecule has 2 aliphatic carbocycles. The Hall–Kier alpha value is -1.10. The molecule has 114 valence electrons. The van der Waals surface area contributed by atoms with Crippen LogP contribution in [0.4, 0.5) is 0 Å². The lowest BCUT2D eigenvalue weighted by molar-refractivity contribution is -0.145. The number of hydrogen-bond donors (Lipinski definition) is 2. The largest absolute Gasteiger partial charge is 0.480 e. The van der Waals surface area contributed by atoms with Crippen molar-refractivity contribution >= 4 is 11.9 Å². The molecule has 2 saturated carbocycles. The van der Waals surface area contributed by atoms with Gasteiger partial charge in [0.05, 0.1) is 0 Å². The smallest absolute Gasteiger partial charge is 0.323 e. The molecule has 0 unspecified atom stereocenters. The normalized spacial score (nSPS) is 21.4. The first-order valence-corrected chi connectivity index (χ1v) is 7.74. The first kappa shape index (κ1) is 15.3. The zero-order valence-electron chi connectivity index (χ0n) is 12.1. The molecule has 2 rings (SSSR count). The number of nitrogens with zero attached hydrogens (tertiary/aromatic N) is 1. The van der Waals surface area contributed by atoms with Crippen molar-refractivity contribution in [2.75, 3.05) is 19.6 Å². The lowest BCUT2D eigenvalue weighted by Crippen LogP contribution is -2.43. The summed E-state index contributed by atoms with van der Waals surface area (Å²) < 4.78 is 0. The third-order valence-corrected chi connectivity index (χ3v) is 4.73. The molecule has 0 atom stereocenters. The minimum absolute atomic E-state index is 0.0216. The van der Waals surface area contributed by atoms with Crippen LogP contribution in [0.1, 0.15) is 51.4 Å². The van der Waals surface area contributed by atoms with E-state index >= 15 is 0 Å². The van der Waals surface area contributed by atoms with Crippen LogP contribution in [0.25, 0.3) is 0 Å². The van der Waals surface area contributed by atoms with Gasteiger partial charge in [-0.3, -0.25) is 9.59 Å². The van der Waals surface area contributed by atoms with Gasteiger partial charge in [-0.25, -0.2) is 0 Å². The van der Waals surface area contributed by atoms with Crippen LogP contribution in [0.2, 0.25) is 0 Å². The average molecular weight is 282 g/mol. The van der Waals surface area contributed by atoms with Crippen LogP contribution in [-0.2, 0) is 9.59 Å². The summed E-state index contributed by atoms with van der Waals surface area (Å²) in [5, 5.41) is 8.97. The summed E-state index contributed by atoms with van der Waals surface area (Å²) in [5.74, 6) is -0.436. The Morgan fingerprint density at radius 2 is 1.85 bits per heavy atom. The van der Waals surface area contributed by atoms with Crippen LogP contribution >= 0.6 is 0 Å². The summed E-state index contributed by atoms with van der Waals surface area (Å²) in [7, 11) is 0. The number of amides is 1. The summed E-state index contributed by atoms with van der Waals surface area (Å²) in [5.41, 5.74) is 5.83.